The minimum absolute atomic E-state index is 0.0551. The number of anilines is 1. The monoisotopic (exact) mass is 246 g/mol. The number of carbonyl (C=O) groups excluding carboxylic acids is 1. The fraction of sp³-hybridized carbons (Fsp3) is 0.357. The van der Waals surface area contributed by atoms with Crippen molar-refractivity contribution in [3.63, 3.8) is 0 Å². The van der Waals surface area contributed by atoms with Gasteiger partial charge in [0.1, 0.15) is 11.8 Å². The number of nitrogens with two attached hydrogens (primary N) is 1. The van der Waals surface area contributed by atoms with Crippen LogP contribution in [0.1, 0.15) is 13.3 Å². The molecule has 1 atom stereocenters. The van der Waals surface area contributed by atoms with Crippen molar-refractivity contribution in [2.75, 3.05) is 18.5 Å². The molecule has 1 amide bonds. The van der Waals surface area contributed by atoms with Crippen molar-refractivity contribution in [2.24, 2.45) is 11.7 Å². The second-order valence-electron chi connectivity index (χ2n) is 4.61. The summed E-state index contributed by atoms with van der Waals surface area (Å²) in [6.45, 7) is 2.49. The van der Waals surface area contributed by atoms with E-state index in [0.29, 0.717) is 13.0 Å². The van der Waals surface area contributed by atoms with E-state index < -0.39 is 0 Å². The molecule has 0 aliphatic heterocycles. The van der Waals surface area contributed by atoms with Crippen LogP contribution in [0.2, 0.25) is 0 Å². The van der Waals surface area contributed by atoms with Gasteiger partial charge >= 0.3 is 0 Å². The predicted molar refractivity (Wildman–Crippen MR) is 72.5 cm³/mol. The van der Waals surface area contributed by atoms with E-state index in [-0.39, 0.29) is 11.8 Å². The lowest BCUT2D eigenvalue weighted by Gasteiger charge is -2.17. The third-order valence-corrected chi connectivity index (χ3v) is 3.12. The summed E-state index contributed by atoms with van der Waals surface area (Å²) >= 11 is 0. The Balaban J connectivity index is 2.23. The van der Waals surface area contributed by atoms with Crippen molar-refractivity contribution in [3.8, 4) is 0 Å². The summed E-state index contributed by atoms with van der Waals surface area (Å²) in [5, 5.41) is 0.953. The molecule has 4 nitrogen and oxygen atoms in total. The van der Waals surface area contributed by atoms with E-state index in [4.69, 9.17) is 10.2 Å². The van der Waals surface area contributed by atoms with Crippen LogP contribution in [0.3, 0.4) is 0 Å². The zero-order valence-electron chi connectivity index (χ0n) is 10.7. The van der Waals surface area contributed by atoms with E-state index in [1.54, 1.807) is 18.2 Å². The van der Waals surface area contributed by atoms with Crippen LogP contribution in [0.4, 0.5) is 5.69 Å². The summed E-state index contributed by atoms with van der Waals surface area (Å²) in [5.74, 6) is 0.248. The molecule has 0 bridgehead atoms. The Kier molecular flexibility index (Phi) is 3.67. The number of hydrogen-bond donors (Lipinski definition) is 1. The van der Waals surface area contributed by atoms with E-state index in [1.807, 2.05) is 31.2 Å². The second kappa shape index (κ2) is 5.23. The van der Waals surface area contributed by atoms with E-state index in [1.165, 1.54) is 0 Å². The molecular formula is C14H18N2O2. The summed E-state index contributed by atoms with van der Waals surface area (Å²) in [6, 6.07) is 7.68. The molecule has 0 fully saturated rings. The molecule has 0 aliphatic rings. The number of benzene rings is 1. The highest BCUT2D eigenvalue weighted by Gasteiger charge is 2.17. The quantitative estimate of drug-likeness (QED) is 0.901. The van der Waals surface area contributed by atoms with Crippen molar-refractivity contribution < 1.29 is 9.21 Å². The van der Waals surface area contributed by atoms with Gasteiger partial charge in [0.2, 0.25) is 5.91 Å². The lowest BCUT2D eigenvalue weighted by Crippen LogP contribution is -2.29. The molecule has 0 aliphatic carbocycles. The average Bonchev–Trinajstić information content (AvgIpc) is 2.81. The number of rotatable bonds is 4. The van der Waals surface area contributed by atoms with Gasteiger partial charge in [-0.1, -0.05) is 19.1 Å². The minimum Gasteiger partial charge on any atom is -0.462 e. The van der Waals surface area contributed by atoms with Gasteiger partial charge < -0.3 is 15.1 Å². The molecule has 4 heteroatoms. The minimum atomic E-state index is 0.0551. The van der Waals surface area contributed by atoms with Gasteiger partial charge in [-0.25, -0.2) is 0 Å². The summed E-state index contributed by atoms with van der Waals surface area (Å²) in [6.07, 6.45) is 2.07. The summed E-state index contributed by atoms with van der Waals surface area (Å²) in [7, 11) is 1.77. The highest BCUT2D eigenvalue weighted by molar-refractivity contribution is 6.02. The van der Waals surface area contributed by atoms with Crippen LogP contribution in [0.25, 0.3) is 11.0 Å². The zero-order valence-corrected chi connectivity index (χ0v) is 10.7. The Morgan fingerprint density at radius 1 is 1.44 bits per heavy atom. The van der Waals surface area contributed by atoms with E-state index in [9.17, 15) is 4.79 Å². The number of carbonyl (C=O) groups is 1. The van der Waals surface area contributed by atoms with E-state index >= 15 is 0 Å². The third kappa shape index (κ3) is 2.38. The zero-order chi connectivity index (χ0) is 13.1. The average molecular weight is 246 g/mol. The number of nitrogens with zero attached hydrogens (tertiary/aromatic N) is 1. The molecule has 1 heterocycles. The van der Waals surface area contributed by atoms with E-state index in [0.717, 1.165) is 16.7 Å². The Bertz CT molecular complexity index is 547. The molecule has 2 N–H and O–H groups in total. The Morgan fingerprint density at radius 3 is 2.89 bits per heavy atom. The van der Waals surface area contributed by atoms with Crippen LogP contribution in [-0.4, -0.2) is 19.5 Å². The van der Waals surface area contributed by atoms with Crippen molar-refractivity contribution in [1.82, 2.24) is 0 Å². The second-order valence-corrected chi connectivity index (χ2v) is 4.61. The SMILES string of the molecule is CC(CN)CC(=O)N(C)c1coc2ccccc12. The van der Waals surface area contributed by atoms with Crippen LogP contribution in [0.15, 0.2) is 34.9 Å². The summed E-state index contributed by atoms with van der Waals surface area (Å²) < 4.78 is 5.43. The maximum Gasteiger partial charge on any atom is 0.227 e. The van der Waals surface area contributed by atoms with Crippen molar-refractivity contribution in [1.29, 1.82) is 0 Å². The number of amides is 1. The summed E-state index contributed by atoms with van der Waals surface area (Å²) in [4.78, 5) is 13.7. The van der Waals surface area contributed by atoms with Crippen molar-refractivity contribution in [2.45, 2.75) is 13.3 Å². The number of fused-ring (bicyclic) bond motifs is 1. The Labute approximate surface area is 106 Å². The van der Waals surface area contributed by atoms with Crippen molar-refractivity contribution >= 4 is 22.6 Å². The molecule has 0 spiro atoms. The number of para-hydroxylation sites is 1. The van der Waals surface area contributed by atoms with Gasteiger partial charge in [0.05, 0.1) is 5.69 Å². The topological polar surface area (TPSA) is 59.5 Å². The molecule has 2 aromatic rings. The van der Waals surface area contributed by atoms with E-state index in [2.05, 4.69) is 0 Å². The largest absolute Gasteiger partial charge is 0.462 e. The van der Waals surface area contributed by atoms with Crippen LogP contribution in [-0.2, 0) is 4.79 Å². The number of furan rings is 1. The fourth-order valence-electron chi connectivity index (χ4n) is 1.88. The van der Waals surface area contributed by atoms with Crippen molar-refractivity contribution in [3.05, 3.63) is 30.5 Å². The molecule has 0 radical (unpaired) electrons. The first kappa shape index (κ1) is 12.6. The van der Waals surface area contributed by atoms with Crippen LogP contribution >= 0.6 is 0 Å². The normalized spacial score (nSPS) is 12.6. The first-order valence-electron chi connectivity index (χ1n) is 6.06. The third-order valence-electron chi connectivity index (χ3n) is 3.12. The first-order chi connectivity index (χ1) is 8.63. The van der Waals surface area contributed by atoms with Crippen LogP contribution in [0.5, 0.6) is 0 Å². The molecule has 0 saturated carbocycles. The summed E-state index contributed by atoms with van der Waals surface area (Å²) in [5.41, 5.74) is 7.14. The Hall–Kier alpha value is -1.81. The maximum absolute atomic E-state index is 12.1. The predicted octanol–water partition coefficient (Wildman–Crippen LogP) is 2.38. The van der Waals surface area contributed by atoms with Crippen LogP contribution < -0.4 is 10.6 Å². The van der Waals surface area contributed by atoms with Gasteiger partial charge in [0.15, 0.2) is 0 Å². The molecule has 18 heavy (non-hydrogen) atoms. The fourth-order valence-corrected chi connectivity index (χ4v) is 1.88. The smallest absolute Gasteiger partial charge is 0.227 e. The van der Waals surface area contributed by atoms with Gasteiger partial charge in [0, 0.05) is 18.9 Å². The molecular weight excluding hydrogens is 228 g/mol. The van der Waals surface area contributed by atoms with Gasteiger partial charge in [-0.3, -0.25) is 4.79 Å². The van der Waals surface area contributed by atoms with Gasteiger partial charge in [-0.05, 0) is 24.6 Å². The molecule has 1 unspecified atom stereocenters. The molecule has 1 aromatic carbocycles. The Morgan fingerprint density at radius 2 is 2.17 bits per heavy atom. The maximum atomic E-state index is 12.1. The van der Waals surface area contributed by atoms with Gasteiger partial charge in [-0.15, -0.1) is 0 Å². The lowest BCUT2D eigenvalue weighted by molar-refractivity contribution is -0.119. The van der Waals surface area contributed by atoms with Gasteiger partial charge in [0.25, 0.3) is 0 Å². The number of hydrogen-bond acceptors (Lipinski definition) is 3. The molecule has 2 rings (SSSR count). The van der Waals surface area contributed by atoms with Crippen LogP contribution in [0, 0.1) is 5.92 Å². The lowest BCUT2D eigenvalue weighted by atomic mass is 10.1. The standard InChI is InChI=1S/C14H18N2O2/c1-10(8-15)7-14(17)16(2)12-9-18-13-6-4-3-5-11(12)13/h3-6,9-10H,7-8,15H2,1-2H3. The van der Waals surface area contributed by atoms with Gasteiger partial charge in [-0.2, -0.15) is 0 Å². The first-order valence-corrected chi connectivity index (χ1v) is 6.06. The molecule has 96 valence electrons. The highest BCUT2D eigenvalue weighted by atomic mass is 16.3. The molecule has 0 saturated heterocycles. The molecule has 1 aromatic heterocycles. The highest BCUT2D eigenvalue weighted by Crippen LogP contribution is 2.28.